The van der Waals surface area contributed by atoms with Gasteiger partial charge in [0.25, 0.3) is 0 Å². The Morgan fingerprint density at radius 1 is 1.22 bits per heavy atom. The van der Waals surface area contributed by atoms with Crippen molar-refractivity contribution in [3.63, 3.8) is 0 Å². The van der Waals surface area contributed by atoms with Gasteiger partial charge in [-0.15, -0.1) is 0 Å². The Balaban J connectivity index is 0.000000572. The summed E-state index contributed by atoms with van der Waals surface area (Å²) in [5.41, 5.74) is 5.63. The third-order valence-corrected chi connectivity index (χ3v) is 5.60. The van der Waals surface area contributed by atoms with Crippen molar-refractivity contribution in [2.75, 3.05) is 31.6 Å². The number of quaternary nitrogens is 1. The summed E-state index contributed by atoms with van der Waals surface area (Å²) in [6.45, 7) is 2.31. The van der Waals surface area contributed by atoms with Gasteiger partial charge in [-0.3, -0.25) is 0 Å². The number of carboxylic acids is 1. The zero-order valence-electron chi connectivity index (χ0n) is 18.7. The molecule has 14 heteroatoms. The van der Waals surface area contributed by atoms with E-state index >= 15 is 0 Å². The summed E-state index contributed by atoms with van der Waals surface area (Å²) in [4.78, 5) is 21.1. The number of likely N-dealkylation sites (tertiary alicyclic amines) is 1. The van der Waals surface area contributed by atoms with Crippen LogP contribution in [0.15, 0.2) is 42.5 Å². The second kappa shape index (κ2) is 13.4. The molecule has 0 spiro atoms. The Labute approximate surface area is 214 Å². The van der Waals surface area contributed by atoms with Crippen molar-refractivity contribution in [2.24, 2.45) is 5.73 Å². The number of aliphatic hydroxyl groups excluding tert-OH is 1. The van der Waals surface area contributed by atoms with Crippen LogP contribution in [0.5, 0.6) is 11.5 Å². The van der Waals surface area contributed by atoms with Crippen LogP contribution in [0.2, 0.25) is 10.0 Å². The molecule has 5 N–H and O–H groups in total. The predicted molar refractivity (Wildman–Crippen MR) is 123 cm³/mol. The highest BCUT2D eigenvalue weighted by atomic mass is 35.5. The summed E-state index contributed by atoms with van der Waals surface area (Å²) in [6.07, 6.45) is -4.92. The van der Waals surface area contributed by atoms with Crippen molar-refractivity contribution < 1.29 is 47.3 Å². The number of carbonyl (C=O) groups excluding carboxylic acids is 2. The van der Waals surface area contributed by atoms with E-state index < -0.39 is 24.3 Å². The van der Waals surface area contributed by atoms with Gasteiger partial charge in [0.15, 0.2) is 6.10 Å². The highest BCUT2D eigenvalue weighted by molar-refractivity contribution is 6.42. The first kappa shape index (κ1) is 29.3. The van der Waals surface area contributed by atoms with Crippen molar-refractivity contribution in [2.45, 2.75) is 24.8 Å². The lowest BCUT2D eigenvalue weighted by molar-refractivity contribution is -0.891. The molecule has 1 aliphatic rings. The van der Waals surface area contributed by atoms with Gasteiger partial charge in [0.1, 0.15) is 43.3 Å². The average Bonchev–Trinajstić information content (AvgIpc) is 3.21. The Kier molecular flexibility index (Phi) is 10.9. The number of hydrogen-bond acceptors (Lipinski definition) is 6. The molecule has 0 saturated carbocycles. The van der Waals surface area contributed by atoms with Crippen molar-refractivity contribution in [1.29, 1.82) is 0 Å². The molecule has 3 atom stereocenters. The van der Waals surface area contributed by atoms with Gasteiger partial charge in [-0.05, 0) is 24.3 Å². The first-order chi connectivity index (χ1) is 16.8. The number of ether oxygens (including phenoxy) is 2. The Morgan fingerprint density at radius 2 is 1.89 bits per heavy atom. The van der Waals surface area contributed by atoms with Gasteiger partial charge in [0, 0.05) is 12.5 Å². The summed E-state index contributed by atoms with van der Waals surface area (Å²) in [6, 6.07) is 11.5. The maximum atomic E-state index is 11.1. The van der Waals surface area contributed by atoms with Crippen LogP contribution in [0, 0.1) is 0 Å². The molecule has 2 aromatic rings. The SMILES string of the molecule is NC(=O)Nc1ccccc1OCC(O)C[NH+]1CCC(Oc2ccc(Cl)c(Cl)c2)C1.O=C([O-])C(F)(F)F. The molecule has 198 valence electrons. The molecule has 0 radical (unpaired) electrons. The predicted octanol–water partition coefficient (Wildman–Crippen LogP) is 1.26. The second-order valence-corrected chi connectivity index (χ2v) is 8.56. The number of anilines is 1. The number of halogens is 5. The van der Waals surface area contributed by atoms with Crippen LogP contribution in [0.4, 0.5) is 23.7 Å². The smallest absolute Gasteiger partial charge is 0.430 e. The molecular formula is C22H24Cl2F3N3O6. The number of carbonyl (C=O) groups is 2. The Morgan fingerprint density at radius 3 is 2.50 bits per heavy atom. The largest absolute Gasteiger partial charge is 0.542 e. The van der Waals surface area contributed by atoms with Crippen molar-refractivity contribution in [3.8, 4) is 11.5 Å². The van der Waals surface area contributed by atoms with E-state index in [1.807, 2.05) is 0 Å². The molecule has 1 fully saturated rings. The van der Waals surface area contributed by atoms with E-state index in [2.05, 4.69) is 5.32 Å². The number of para-hydroxylation sites is 2. The summed E-state index contributed by atoms with van der Waals surface area (Å²) < 4.78 is 43.2. The van der Waals surface area contributed by atoms with Crippen LogP contribution in [0.3, 0.4) is 0 Å². The van der Waals surface area contributed by atoms with Gasteiger partial charge in [0.2, 0.25) is 0 Å². The average molecular weight is 554 g/mol. The van der Waals surface area contributed by atoms with Crippen molar-refractivity contribution in [1.82, 2.24) is 0 Å². The van der Waals surface area contributed by atoms with Crippen molar-refractivity contribution >= 4 is 40.9 Å². The van der Waals surface area contributed by atoms with Crippen LogP contribution in [-0.2, 0) is 4.79 Å². The number of aliphatic hydroxyl groups is 1. The van der Waals surface area contributed by atoms with E-state index in [0.29, 0.717) is 33.8 Å². The van der Waals surface area contributed by atoms with E-state index in [1.54, 1.807) is 42.5 Å². The number of alkyl halides is 3. The first-order valence-corrected chi connectivity index (χ1v) is 11.3. The van der Waals surface area contributed by atoms with Crippen LogP contribution in [0.25, 0.3) is 0 Å². The quantitative estimate of drug-likeness (QED) is 0.388. The number of amides is 2. The summed E-state index contributed by atoms with van der Waals surface area (Å²) in [7, 11) is 0. The Bertz CT molecular complexity index is 1040. The number of primary amides is 1. The molecule has 36 heavy (non-hydrogen) atoms. The minimum Gasteiger partial charge on any atom is -0.542 e. The lowest BCUT2D eigenvalue weighted by Crippen LogP contribution is -3.11. The van der Waals surface area contributed by atoms with E-state index in [0.717, 1.165) is 19.5 Å². The van der Waals surface area contributed by atoms with E-state index in [9.17, 15) is 23.1 Å². The number of urea groups is 1. The number of hydrogen-bond donors (Lipinski definition) is 4. The highest BCUT2D eigenvalue weighted by Gasteiger charge is 2.30. The third-order valence-electron chi connectivity index (χ3n) is 4.86. The van der Waals surface area contributed by atoms with E-state index in [4.69, 9.17) is 48.3 Å². The standard InChI is InChI=1S/C20H23Cl2N3O4.C2HF3O2/c21-16-6-5-14(9-17(16)22)29-15-7-8-25(11-15)10-13(26)12-28-19-4-2-1-3-18(19)24-20(23)27;3-2(4,5)1(6)7/h1-6,9,13,15,26H,7-8,10-12H2,(H3,23,24,27);(H,6,7). The number of aliphatic carboxylic acids is 1. The highest BCUT2D eigenvalue weighted by Crippen LogP contribution is 2.27. The number of carboxylic acid groups (broad SMARTS) is 1. The summed E-state index contributed by atoms with van der Waals surface area (Å²) in [5.74, 6) is -1.86. The molecule has 2 amide bonds. The summed E-state index contributed by atoms with van der Waals surface area (Å²) in [5, 5.41) is 22.6. The van der Waals surface area contributed by atoms with Crippen LogP contribution in [-0.4, -0.2) is 61.7 Å². The lowest BCUT2D eigenvalue weighted by atomic mass is 10.3. The molecule has 1 saturated heterocycles. The molecule has 3 rings (SSSR count). The van der Waals surface area contributed by atoms with Gasteiger partial charge in [-0.2, -0.15) is 13.2 Å². The fraction of sp³-hybridized carbons (Fsp3) is 0.364. The maximum absolute atomic E-state index is 11.1. The molecule has 0 bridgehead atoms. The maximum Gasteiger partial charge on any atom is 0.430 e. The normalized spacial score (nSPS) is 17.9. The molecule has 2 aromatic carbocycles. The molecule has 1 heterocycles. The molecule has 3 unspecified atom stereocenters. The Hall–Kier alpha value is -2.93. The van der Waals surface area contributed by atoms with Gasteiger partial charge in [0.05, 0.1) is 22.3 Å². The van der Waals surface area contributed by atoms with E-state index in [1.165, 1.54) is 4.90 Å². The van der Waals surface area contributed by atoms with Crippen LogP contribution < -0.4 is 30.5 Å². The number of rotatable bonds is 8. The van der Waals surface area contributed by atoms with Crippen LogP contribution >= 0.6 is 23.2 Å². The minimum atomic E-state index is -5.19. The number of nitrogens with one attached hydrogen (secondary N) is 2. The minimum absolute atomic E-state index is 0.0517. The third kappa shape index (κ3) is 9.97. The number of benzene rings is 2. The van der Waals surface area contributed by atoms with Gasteiger partial charge >= 0.3 is 12.2 Å². The topological polar surface area (TPSA) is 138 Å². The molecular weight excluding hydrogens is 530 g/mol. The fourth-order valence-corrected chi connectivity index (χ4v) is 3.61. The molecule has 1 aliphatic heterocycles. The zero-order chi connectivity index (χ0) is 26.9. The first-order valence-electron chi connectivity index (χ1n) is 10.5. The van der Waals surface area contributed by atoms with Gasteiger partial charge in [-0.1, -0.05) is 35.3 Å². The molecule has 0 aliphatic carbocycles. The van der Waals surface area contributed by atoms with Gasteiger partial charge in [-0.25, -0.2) is 4.79 Å². The second-order valence-electron chi connectivity index (χ2n) is 7.75. The molecule has 0 aromatic heterocycles. The zero-order valence-corrected chi connectivity index (χ0v) is 20.2. The fourth-order valence-electron chi connectivity index (χ4n) is 3.33. The number of nitrogens with two attached hydrogens (primary N) is 1. The van der Waals surface area contributed by atoms with E-state index in [-0.39, 0.29) is 12.7 Å². The van der Waals surface area contributed by atoms with Crippen molar-refractivity contribution in [3.05, 3.63) is 52.5 Å². The lowest BCUT2D eigenvalue weighted by Gasteiger charge is -2.19. The van der Waals surface area contributed by atoms with Crippen LogP contribution in [0.1, 0.15) is 6.42 Å². The monoisotopic (exact) mass is 553 g/mol. The van der Waals surface area contributed by atoms with Gasteiger partial charge < -0.3 is 40.4 Å². The molecule has 9 nitrogen and oxygen atoms in total. The summed E-state index contributed by atoms with van der Waals surface area (Å²) >= 11 is 12.0.